The van der Waals surface area contributed by atoms with E-state index in [1.54, 1.807) is 0 Å². The number of aromatic nitrogens is 1. The van der Waals surface area contributed by atoms with Crippen LogP contribution in [0, 0.1) is 0 Å². The van der Waals surface area contributed by atoms with Crippen molar-refractivity contribution in [2.24, 2.45) is 0 Å². The molecular formula is C22H28N4O2. The predicted molar refractivity (Wildman–Crippen MR) is 108 cm³/mol. The maximum Gasteiger partial charge on any atom is 0.227 e. The van der Waals surface area contributed by atoms with Crippen molar-refractivity contribution in [3.63, 3.8) is 0 Å². The smallest absolute Gasteiger partial charge is 0.227 e. The molecule has 28 heavy (non-hydrogen) atoms. The van der Waals surface area contributed by atoms with Crippen LogP contribution in [-0.4, -0.2) is 47.6 Å². The van der Waals surface area contributed by atoms with E-state index in [0.717, 1.165) is 37.2 Å². The molecule has 2 N–H and O–H groups in total. The largest absolute Gasteiger partial charge is 0.494 e. The Morgan fingerprint density at radius 3 is 2.75 bits per heavy atom. The van der Waals surface area contributed by atoms with E-state index in [1.807, 2.05) is 43.6 Å². The quantitative estimate of drug-likeness (QED) is 0.805. The molecule has 3 atom stereocenters. The average molecular weight is 380 g/mol. The van der Waals surface area contributed by atoms with E-state index in [-0.39, 0.29) is 18.0 Å². The van der Waals surface area contributed by atoms with Gasteiger partial charge in [-0.3, -0.25) is 20.6 Å². The summed E-state index contributed by atoms with van der Waals surface area (Å²) in [6.07, 6.45) is 6.21. The van der Waals surface area contributed by atoms with E-state index in [9.17, 15) is 4.79 Å². The molecule has 3 heterocycles. The molecule has 4 rings (SSSR count). The summed E-state index contributed by atoms with van der Waals surface area (Å²) in [5, 5.41) is 0. The molecule has 0 radical (unpaired) electrons. The number of hydrazine groups is 1. The number of hydrogen-bond acceptors (Lipinski definition) is 5. The standard InChI is InChI=1S/C22H28N4O2/c1-2-28-18-7-5-16(6-8-18)14-21(27)26-13-3-4-20(26)22-19(15-24-25-22)17-9-11-23-12-10-17/h5-12,19-20,22,24-25H,2-4,13-15H2,1H3. The summed E-state index contributed by atoms with van der Waals surface area (Å²) >= 11 is 0. The van der Waals surface area contributed by atoms with Crippen molar-refractivity contribution in [1.82, 2.24) is 20.7 Å². The van der Waals surface area contributed by atoms with Crippen LogP contribution in [0.1, 0.15) is 36.8 Å². The highest BCUT2D eigenvalue weighted by atomic mass is 16.5. The first-order valence-electron chi connectivity index (χ1n) is 10.2. The molecule has 0 spiro atoms. The van der Waals surface area contributed by atoms with Crippen LogP contribution in [0.3, 0.4) is 0 Å². The van der Waals surface area contributed by atoms with Crippen molar-refractivity contribution in [3.05, 3.63) is 59.9 Å². The fourth-order valence-electron chi connectivity index (χ4n) is 4.44. The third-order valence-electron chi connectivity index (χ3n) is 5.78. The van der Waals surface area contributed by atoms with Crippen molar-refractivity contribution < 1.29 is 9.53 Å². The Labute approximate surface area is 166 Å². The van der Waals surface area contributed by atoms with Crippen LogP contribution < -0.4 is 15.6 Å². The highest BCUT2D eigenvalue weighted by Crippen LogP contribution is 2.31. The predicted octanol–water partition coefficient (Wildman–Crippen LogP) is 2.27. The number of hydrogen-bond donors (Lipinski definition) is 2. The zero-order valence-electron chi connectivity index (χ0n) is 16.3. The van der Waals surface area contributed by atoms with Gasteiger partial charge in [-0.2, -0.15) is 0 Å². The molecule has 2 aliphatic heterocycles. The molecule has 148 valence electrons. The molecule has 0 saturated carbocycles. The normalized spacial score (nSPS) is 24.5. The van der Waals surface area contributed by atoms with Crippen molar-refractivity contribution in [2.75, 3.05) is 19.7 Å². The summed E-state index contributed by atoms with van der Waals surface area (Å²) in [4.78, 5) is 19.3. The van der Waals surface area contributed by atoms with Gasteiger partial charge in [0.2, 0.25) is 5.91 Å². The summed E-state index contributed by atoms with van der Waals surface area (Å²) < 4.78 is 5.49. The van der Waals surface area contributed by atoms with Gasteiger partial charge in [-0.05, 0) is 55.2 Å². The lowest BCUT2D eigenvalue weighted by Crippen LogP contribution is -2.50. The van der Waals surface area contributed by atoms with Crippen LogP contribution in [0.25, 0.3) is 0 Å². The fourth-order valence-corrected chi connectivity index (χ4v) is 4.44. The van der Waals surface area contributed by atoms with Crippen LogP contribution >= 0.6 is 0 Å². The number of nitrogens with zero attached hydrogens (tertiary/aromatic N) is 2. The van der Waals surface area contributed by atoms with Gasteiger partial charge >= 0.3 is 0 Å². The van der Waals surface area contributed by atoms with Gasteiger partial charge in [0.25, 0.3) is 0 Å². The van der Waals surface area contributed by atoms with E-state index >= 15 is 0 Å². The molecule has 2 aliphatic rings. The molecule has 1 amide bonds. The molecule has 1 aromatic heterocycles. The van der Waals surface area contributed by atoms with Crippen LogP contribution in [0.5, 0.6) is 5.75 Å². The van der Waals surface area contributed by atoms with Crippen LogP contribution in [-0.2, 0) is 11.2 Å². The number of carbonyl (C=O) groups excluding carboxylic acids is 1. The number of amides is 1. The van der Waals surface area contributed by atoms with E-state index < -0.39 is 0 Å². The Kier molecular flexibility index (Phi) is 5.88. The fraction of sp³-hybridized carbons (Fsp3) is 0.455. The minimum atomic E-state index is 0.203. The van der Waals surface area contributed by atoms with Gasteiger partial charge in [-0.15, -0.1) is 0 Å². The molecule has 0 aliphatic carbocycles. The summed E-state index contributed by atoms with van der Waals surface area (Å²) in [7, 11) is 0. The maximum atomic E-state index is 13.1. The van der Waals surface area contributed by atoms with E-state index in [0.29, 0.717) is 18.9 Å². The number of benzene rings is 1. The Hall–Kier alpha value is -2.44. The molecule has 2 saturated heterocycles. The van der Waals surface area contributed by atoms with Gasteiger partial charge in [0, 0.05) is 43.5 Å². The topological polar surface area (TPSA) is 66.5 Å². The lowest BCUT2D eigenvalue weighted by Gasteiger charge is -2.32. The second-order valence-electron chi connectivity index (χ2n) is 7.49. The minimum Gasteiger partial charge on any atom is -0.494 e. The zero-order chi connectivity index (χ0) is 19.3. The van der Waals surface area contributed by atoms with Gasteiger partial charge in [-0.1, -0.05) is 12.1 Å². The third kappa shape index (κ3) is 4.03. The van der Waals surface area contributed by atoms with E-state index in [4.69, 9.17) is 4.74 Å². The molecular weight excluding hydrogens is 352 g/mol. The third-order valence-corrected chi connectivity index (χ3v) is 5.78. The summed E-state index contributed by atoms with van der Waals surface area (Å²) in [6.45, 7) is 4.32. The second kappa shape index (κ2) is 8.71. The average Bonchev–Trinajstić information content (AvgIpc) is 3.39. The molecule has 6 heteroatoms. The van der Waals surface area contributed by atoms with Gasteiger partial charge in [0.05, 0.1) is 13.0 Å². The Morgan fingerprint density at radius 2 is 2.00 bits per heavy atom. The van der Waals surface area contributed by atoms with Gasteiger partial charge < -0.3 is 9.64 Å². The number of rotatable bonds is 6. The number of ether oxygens (including phenoxy) is 1. The lowest BCUT2D eigenvalue weighted by atomic mass is 9.88. The molecule has 6 nitrogen and oxygen atoms in total. The molecule has 0 bridgehead atoms. The van der Waals surface area contributed by atoms with Crippen molar-refractivity contribution in [1.29, 1.82) is 0 Å². The first-order valence-corrected chi connectivity index (χ1v) is 10.2. The number of pyridine rings is 1. The first kappa shape index (κ1) is 18.9. The van der Waals surface area contributed by atoms with Crippen molar-refractivity contribution in [2.45, 2.75) is 44.2 Å². The van der Waals surface area contributed by atoms with Crippen molar-refractivity contribution in [3.8, 4) is 5.75 Å². The van der Waals surface area contributed by atoms with Gasteiger partial charge in [-0.25, -0.2) is 0 Å². The SMILES string of the molecule is CCOc1ccc(CC(=O)N2CCCC2C2NNCC2c2ccncc2)cc1. The molecule has 1 aromatic carbocycles. The first-order chi connectivity index (χ1) is 13.8. The highest BCUT2D eigenvalue weighted by molar-refractivity contribution is 5.79. The monoisotopic (exact) mass is 380 g/mol. The summed E-state index contributed by atoms with van der Waals surface area (Å²) in [6, 6.07) is 12.4. The lowest BCUT2D eigenvalue weighted by molar-refractivity contribution is -0.131. The van der Waals surface area contributed by atoms with Gasteiger partial charge in [0.1, 0.15) is 5.75 Å². The molecule has 2 aromatic rings. The summed E-state index contributed by atoms with van der Waals surface area (Å²) in [5.41, 5.74) is 9.04. The minimum absolute atomic E-state index is 0.203. The number of nitrogens with one attached hydrogen (secondary N) is 2. The maximum absolute atomic E-state index is 13.1. The van der Waals surface area contributed by atoms with Crippen molar-refractivity contribution >= 4 is 5.91 Å². The van der Waals surface area contributed by atoms with Gasteiger partial charge in [0.15, 0.2) is 0 Å². The Bertz CT molecular complexity index is 781. The van der Waals surface area contributed by atoms with Crippen LogP contribution in [0.2, 0.25) is 0 Å². The molecule has 3 unspecified atom stereocenters. The number of carbonyl (C=O) groups is 1. The second-order valence-corrected chi connectivity index (χ2v) is 7.49. The Balaban J connectivity index is 1.44. The zero-order valence-corrected chi connectivity index (χ0v) is 16.3. The van der Waals surface area contributed by atoms with Crippen LogP contribution in [0.15, 0.2) is 48.8 Å². The number of likely N-dealkylation sites (tertiary alicyclic amines) is 1. The Morgan fingerprint density at radius 1 is 1.21 bits per heavy atom. The summed E-state index contributed by atoms with van der Waals surface area (Å²) in [5.74, 6) is 1.39. The van der Waals surface area contributed by atoms with E-state index in [1.165, 1.54) is 5.56 Å². The van der Waals surface area contributed by atoms with E-state index in [2.05, 4.69) is 32.9 Å². The highest BCUT2D eigenvalue weighted by Gasteiger charge is 2.41. The molecule has 2 fully saturated rings. The van der Waals surface area contributed by atoms with Crippen LogP contribution in [0.4, 0.5) is 0 Å².